The molecule has 1 amide bonds. The zero-order valence-corrected chi connectivity index (χ0v) is 14.8. The highest BCUT2D eigenvalue weighted by molar-refractivity contribution is 5.82. The van der Waals surface area contributed by atoms with Crippen molar-refractivity contribution in [3.05, 3.63) is 30.5 Å². The standard InChI is InChI=1S/C19H26N4O2/c1-2-15-12-22(13-18(15)21-7-9-25-10-8-21)19(24)14-23-17-6-4-3-5-16(17)11-20-23/h3-6,11,15,18H,2,7-10,12-14H2,1H3. The molecule has 3 heterocycles. The summed E-state index contributed by atoms with van der Waals surface area (Å²) in [4.78, 5) is 17.4. The van der Waals surface area contributed by atoms with Gasteiger partial charge in [-0.25, -0.2) is 0 Å². The Morgan fingerprint density at radius 3 is 2.84 bits per heavy atom. The maximum Gasteiger partial charge on any atom is 0.244 e. The lowest BCUT2D eigenvalue weighted by atomic mass is 9.99. The quantitative estimate of drug-likeness (QED) is 0.847. The van der Waals surface area contributed by atoms with Gasteiger partial charge in [-0.3, -0.25) is 14.4 Å². The van der Waals surface area contributed by atoms with Gasteiger partial charge >= 0.3 is 0 Å². The highest BCUT2D eigenvalue weighted by Gasteiger charge is 2.38. The number of ether oxygens (including phenoxy) is 1. The first-order valence-electron chi connectivity index (χ1n) is 9.26. The highest BCUT2D eigenvalue weighted by Crippen LogP contribution is 2.26. The monoisotopic (exact) mass is 342 g/mol. The number of amides is 1. The first-order chi connectivity index (χ1) is 12.3. The Morgan fingerprint density at radius 1 is 1.24 bits per heavy atom. The number of carbonyl (C=O) groups is 1. The third-order valence-electron chi connectivity index (χ3n) is 5.63. The molecule has 4 rings (SSSR count). The number of morpholine rings is 1. The number of fused-ring (bicyclic) bond motifs is 1. The highest BCUT2D eigenvalue weighted by atomic mass is 16.5. The van der Waals surface area contributed by atoms with Gasteiger partial charge in [0.2, 0.25) is 5.91 Å². The van der Waals surface area contributed by atoms with Gasteiger partial charge < -0.3 is 9.64 Å². The van der Waals surface area contributed by atoms with Crippen LogP contribution in [0.3, 0.4) is 0 Å². The van der Waals surface area contributed by atoms with Gasteiger partial charge in [-0.1, -0.05) is 31.5 Å². The number of likely N-dealkylation sites (tertiary alicyclic amines) is 1. The first kappa shape index (κ1) is 16.5. The topological polar surface area (TPSA) is 50.6 Å². The Labute approximate surface area is 148 Å². The molecule has 1 aromatic carbocycles. The van der Waals surface area contributed by atoms with E-state index in [1.54, 1.807) is 0 Å². The van der Waals surface area contributed by atoms with Crippen molar-refractivity contribution in [2.45, 2.75) is 25.9 Å². The van der Waals surface area contributed by atoms with Crippen LogP contribution >= 0.6 is 0 Å². The van der Waals surface area contributed by atoms with Crippen LogP contribution in [0.25, 0.3) is 10.9 Å². The molecule has 2 aliphatic rings. The van der Waals surface area contributed by atoms with Crippen molar-refractivity contribution in [1.82, 2.24) is 19.6 Å². The molecule has 1 aromatic heterocycles. The van der Waals surface area contributed by atoms with Gasteiger partial charge in [0.05, 0.1) is 24.9 Å². The molecule has 0 spiro atoms. The summed E-state index contributed by atoms with van der Waals surface area (Å²) in [5, 5.41) is 5.48. The average Bonchev–Trinajstić information content (AvgIpc) is 3.27. The summed E-state index contributed by atoms with van der Waals surface area (Å²) in [6, 6.07) is 8.50. The first-order valence-corrected chi connectivity index (χ1v) is 9.26. The van der Waals surface area contributed by atoms with E-state index in [9.17, 15) is 4.79 Å². The van der Waals surface area contributed by atoms with Crippen LogP contribution in [0.2, 0.25) is 0 Å². The number of benzene rings is 1. The molecule has 0 N–H and O–H groups in total. The number of para-hydroxylation sites is 1. The fourth-order valence-corrected chi connectivity index (χ4v) is 4.16. The molecule has 2 aliphatic heterocycles. The van der Waals surface area contributed by atoms with Crippen LogP contribution in [-0.4, -0.2) is 70.9 Å². The van der Waals surface area contributed by atoms with Crippen molar-refractivity contribution in [2.75, 3.05) is 39.4 Å². The van der Waals surface area contributed by atoms with Crippen molar-refractivity contribution in [2.24, 2.45) is 5.92 Å². The summed E-state index contributed by atoms with van der Waals surface area (Å²) in [6.45, 7) is 7.81. The van der Waals surface area contributed by atoms with Crippen molar-refractivity contribution < 1.29 is 9.53 Å². The van der Waals surface area contributed by atoms with Crippen LogP contribution in [0.5, 0.6) is 0 Å². The smallest absolute Gasteiger partial charge is 0.244 e. The Bertz CT molecular complexity index is 738. The van der Waals surface area contributed by atoms with Crippen LogP contribution in [0, 0.1) is 5.92 Å². The molecule has 6 nitrogen and oxygen atoms in total. The number of aromatic nitrogens is 2. The Kier molecular flexibility index (Phi) is 4.72. The van der Waals surface area contributed by atoms with E-state index in [-0.39, 0.29) is 5.91 Å². The maximum atomic E-state index is 12.9. The summed E-state index contributed by atoms with van der Waals surface area (Å²) in [7, 11) is 0. The fourth-order valence-electron chi connectivity index (χ4n) is 4.16. The van der Waals surface area contributed by atoms with Gasteiger partial charge in [0, 0.05) is 37.6 Å². The second-order valence-electron chi connectivity index (χ2n) is 7.04. The number of nitrogens with zero attached hydrogens (tertiary/aromatic N) is 4. The molecule has 134 valence electrons. The molecule has 0 aliphatic carbocycles. The van der Waals surface area contributed by atoms with E-state index in [1.165, 1.54) is 0 Å². The lowest BCUT2D eigenvalue weighted by Gasteiger charge is -2.34. The molecular formula is C19H26N4O2. The molecule has 2 fully saturated rings. The molecule has 2 unspecified atom stereocenters. The number of carbonyl (C=O) groups excluding carboxylic acids is 1. The molecular weight excluding hydrogens is 316 g/mol. The minimum atomic E-state index is 0.170. The second kappa shape index (κ2) is 7.14. The summed E-state index contributed by atoms with van der Waals surface area (Å²) in [5.74, 6) is 0.722. The number of rotatable bonds is 4. The van der Waals surface area contributed by atoms with Crippen LogP contribution in [-0.2, 0) is 16.1 Å². The van der Waals surface area contributed by atoms with E-state index < -0.39 is 0 Å². The minimum absolute atomic E-state index is 0.170. The van der Waals surface area contributed by atoms with Crippen LogP contribution in [0.4, 0.5) is 0 Å². The van der Waals surface area contributed by atoms with E-state index in [1.807, 2.05) is 40.0 Å². The summed E-state index contributed by atoms with van der Waals surface area (Å²) < 4.78 is 7.30. The predicted octanol–water partition coefficient (Wildman–Crippen LogP) is 1.61. The number of hydrogen-bond acceptors (Lipinski definition) is 4. The lowest BCUT2D eigenvalue weighted by Crippen LogP contribution is -2.47. The van der Waals surface area contributed by atoms with Crippen molar-refractivity contribution in [3.63, 3.8) is 0 Å². The van der Waals surface area contributed by atoms with E-state index in [4.69, 9.17) is 4.74 Å². The van der Waals surface area contributed by atoms with Crippen molar-refractivity contribution in [1.29, 1.82) is 0 Å². The van der Waals surface area contributed by atoms with Gasteiger partial charge in [0.15, 0.2) is 0 Å². The SMILES string of the molecule is CCC1CN(C(=O)Cn2ncc3ccccc32)CC1N1CCOCC1. The van der Waals surface area contributed by atoms with Gasteiger partial charge in [-0.05, 0) is 12.0 Å². The average molecular weight is 342 g/mol. The van der Waals surface area contributed by atoms with E-state index in [0.29, 0.717) is 18.5 Å². The Hall–Kier alpha value is -1.92. The van der Waals surface area contributed by atoms with Crippen LogP contribution < -0.4 is 0 Å². The van der Waals surface area contributed by atoms with Gasteiger partial charge in [0.25, 0.3) is 0 Å². The zero-order valence-electron chi connectivity index (χ0n) is 14.8. The fraction of sp³-hybridized carbons (Fsp3) is 0.579. The molecule has 0 radical (unpaired) electrons. The van der Waals surface area contributed by atoms with E-state index >= 15 is 0 Å². The lowest BCUT2D eigenvalue weighted by molar-refractivity contribution is -0.131. The molecule has 2 atom stereocenters. The zero-order chi connectivity index (χ0) is 17.2. The molecule has 25 heavy (non-hydrogen) atoms. The van der Waals surface area contributed by atoms with Crippen molar-refractivity contribution >= 4 is 16.8 Å². The van der Waals surface area contributed by atoms with Crippen LogP contribution in [0.15, 0.2) is 30.5 Å². The minimum Gasteiger partial charge on any atom is -0.379 e. The summed E-state index contributed by atoms with van der Waals surface area (Å²) >= 11 is 0. The third kappa shape index (κ3) is 3.28. The van der Waals surface area contributed by atoms with E-state index in [2.05, 4.69) is 16.9 Å². The summed E-state index contributed by atoms with van der Waals surface area (Å²) in [6.07, 6.45) is 2.94. The molecule has 2 aromatic rings. The largest absolute Gasteiger partial charge is 0.379 e. The van der Waals surface area contributed by atoms with E-state index in [0.717, 1.165) is 56.7 Å². The normalized spacial score (nSPS) is 24.9. The maximum absolute atomic E-state index is 12.9. The Morgan fingerprint density at radius 2 is 2.04 bits per heavy atom. The van der Waals surface area contributed by atoms with Gasteiger partial charge in [-0.2, -0.15) is 5.10 Å². The molecule has 0 bridgehead atoms. The third-order valence-corrected chi connectivity index (χ3v) is 5.63. The molecule has 6 heteroatoms. The molecule has 2 saturated heterocycles. The summed E-state index contributed by atoms with van der Waals surface area (Å²) in [5.41, 5.74) is 1.02. The number of hydrogen-bond donors (Lipinski definition) is 0. The molecule has 0 saturated carbocycles. The predicted molar refractivity (Wildman–Crippen MR) is 96.3 cm³/mol. The van der Waals surface area contributed by atoms with Gasteiger partial charge in [-0.15, -0.1) is 0 Å². The Balaban J connectivity index is 1.45. The van der Waals surface area contributed by atoms with Crippen molar-refractivity contribution in [3.8, 4) is 0 Å². The van der Waals surface area contributed by atoms with Gasteiger partial charge in [0.1, 0.15) is 6.54 Å². The second-order valence-corrected chi connectivity index (χ2v) is 7.04. The van der Waals surface area contributed by atoms with Crippen LogP contribution in [0.1, 0.15) is 13.3 Å².